The van der Waals surface area contributed by atoms with Crippen LogP contribution in [0.4, 0.5) is 4.79 Å². The zero-order valence-corrected chi connectivity index (χ0v) is 18.5. The lowest BCUT2D eigenvalue weighted by molar-refractivity contribution is -0.128. The van der Waals surface area contributed by atoms with Crippen LogP contribution in [0.5, 0.6) is 0 Å². The van der Waals surface area contributed by atoms with Gasteiger partial charge in [-0.05, 0) is 50.1 Å². The van der Waals surface area contributed by atoms with Crippen LogP contribution < -0.4 is 0 Å². The van der Waals surface area contributed by atoms with Crippen molar-refractivity contribution >= 4 is 28.4 Å². The number of nitrogens with zero attached hydrogens (tertiary/aromatic N) is 2. The maximum Gasteiger partial charge on any atom is 0.311 e. The summed E-state index contributed by atoms with van der Waals surface area (Å²) < 4.78 is 3.85. The van der Waals surface area contributed by atoms with E-state index in [9.17, 15) is 9.59 Å². The summed E-state index contributed by atoms with van der Waals surface area (Å²) in [5.41, 5.74) is -0.677. The lowest BCUT2D eigenvalue weighted by Gasteiger charge is -2.44. The van der Waals surface area contributed by atoms with Gasteiger partial charge in [0.2, 0.25) is 5.91 Å². The summed E-state index contributed by atoms with van der Waals surface area (Å²) in [4.78, 5) is 26.8. The summed E-state index contributed by atoms with van der Waals surface area (Å²) >= 11 is 0. The third-order valence-electron chi connectivity index (χ3n) is 6.57. The first kappa shape index (κ1) is 20.4. The highest BCUT2D eigenvalue weighted by atomic mass is 28.3. The van der Waals surface area contributed by atoms with E-state index in [1.807, 2.05) is 13.8 Å². The predicted octanol–water partition coefficient (Wildman–Crippen LogP) is 5.04. The zero-order valence-electron chi connectivity index (χ0n) is 16.5. The quantitative estimate of drug-likeness (QED) is 0.451. The molecule has 3 amide bonds. The highest BCUT2D eigenvalue weighted by molar-refractivity contribution is 6.85. The molecule has 0 aromatic carbocycles. The second-order valence-electron chi connectivity index (χ2n) is 7.39. The van der Waals surface area contributed by atoms with E-state index in [0.29, 0.717) is 0 Å². The van der Waals surface area contributed by atoms with E-state index in [4.69, 9.17) is 0 Å². The van der Waals surface area contributed by atoms with Crippen molar-refractivity contribution in [3.8, 4) is 0 Å². The lowest BCUT2D eigenvalue weighted by atomic mass is 10.1. The van der Waals surface area contributed by atoms with E-state index in [1.54, 1.807) is 4.57 Å². The Morgan fingerprint density at radius 3 is 1.39 bits per heavy atom. The largest absolute Gasteiger partial charge is 0.339 e. The number of hydrogen-bond donors (Lipinski definition) is 0. The van der Waals surface area contributed by atoms with Gasteiger partial charge in [-0.3, -0.25) is 9.36 Å². The molecule has 1 aliphatic heterocycles. The van der Waals surface area contributed by atoms with Crippen LogP contribution >= 0.6 is 0 Å². The summed E-state index contributed by atoms with van der Waals surface area (Å²) in [7, 11) is -3.98. The van der Waals surface area contributed by atoms with Crippen molar-refractivity contribution in [1.82, 2.24) is 9.13 Å². The normalized spacial score (nSPS) is 19.0. The number of urea groups is 1. The summed E-state index contributed by atoms with van der Waals surface area (Å²) in [6, 6.07) is 5.98. The van der Waals surface area contributed by atoms with E-state index in [1.165, 1.54) is 0 Å². The van der Waals surface area contributed by atoms with Gasteiger partial charge >= 0.3 is 6.03 Å². The molecule has 0 aliphatic carbocycles. The first-order valence-electron chi connectivity index (χ1n) is 9.36. The second-order valence-corrected chi connectivity index (χ2v) is 17.4. The van der Waals surface area contributed by atoms with Crippen LogP contribution in [0.15, 0.2) is 0 Å². The first-order valence-corrected chi connectivity index (χ1v) is 14.5. The summed E-state index contributed by atoms with van der Waals surface area (Å²) in [6.07, 6.45) is 0. The highest BCUT2D eigenvalue weighted by Crippen LogP contribution is 2.42. The van der Waals surface area contributed by atoms with Gasteiger partial charge in [0.25, 0.3) is 0 Å². The number of hydrogen-bond acceptors (Lipinski definition) is 2. The van der Waals surface area contributed by atoms with E-state index in [0.717, 1.165) is 36.3 Å². The Labute approximate surface area is 144 Å². The zero-order chi connectivity index (χ0) is 18.1. The molecule has 0 bridgehead atoms. The fourth-order valence-electron chi connectivity index (χ4n) is 4.46. The Hall–Kier alpha value is -0.626. The van der Waals surface area contributed by atoms with Crippen LogP contribution in [0.3, 0.4) is 0 Å². The molecule has 6 heteroatoms. The minimum Gasteiger partial charge on any atom is -0.339 e. The molecular formula is C17H36N2O2Si2. The lowest BCUT2D eigenvalue weighted by Crippen LogP contribution is -2.61. The molecule has 0 radical (unpaired) electrons. The Balaban J connectivity index is 3.50. The van der Waals surface area contributed by atoms with E-state index in [2.05, 4.69) is 46.1 Å². The van der Waals surface area contributed by atoms with Crippen LogP contribution in [0, 0.1) is 0 Å². The van der Waals surface area contributed by atoms with Gasteiger partial charge in [0, 0.05) is 0 Å². The number of rotatable bonds is 8. The molecule has 0 atom stereocenters. The molecule has 1 fully saturated rings. The monoisotopic (exact) mass is 356 g/mol. The maximum atomic E-state index is 13.5. The molecule has 134 valence electrons. The summed E-state index contributed by atoms with van der Waals surface area (Å²) in [5, 5.41) is 0. The van der Waals surface area contributed by atoms with Crippen LogP contribution in [0.1, 0.15) is 55.4 Å². The van der Waals surface area contributed by atoms with Crippen molar-refractivity contribution in [3.63, 3.8) is 0 Å². The first-order chi connectivity index (χ1) is 10.7. The third-order valence-corrected chi connectivity index (χ3v) is 17.5. The van der Waals surface area contributed by atoms with E-state index in [-0.39, 0.29) is 11.9 Å². The van der Waals surface area contributed by atoms with Crippen LogP contribution in [-0.2, 0) is 4.79 Å². The van der Waals surface area contributed by atoms with Gasteiger partial charge in [0.15, 0.2) is 16.5 Å². The van der Waals surface area contributed by atoms with E-state index < -0.39 is 22.0 Å². The van der Waals surface area contributed by atoms with Crippen LogP contribution in [-0.4, -0.2) is 43.1 Å². The molecule has 0 aromatic heterocycles. The van der Waals surface area contributed by atoms with Gasteiger partial charge < -0.3 is 4.57 Å². The van der Waals surface area contributed by atoms with Gasteiger partial charge in [-0.15, -0.1) is 0 Å². The van der Waals surface area contributed by atoms with Crippen molar-refractivity contribution in [2.24, 2.45) is 0 Å². The van der Waals surface area contributed by atoms with Gasteiger partial charge in [0.1, 0.15) is 5.54 Å². The van der Waals surface area contributed by atoms with Crippen LogP contribution in [0.25, 0.3) is 0 Å². The van der Waals surface area contributed by atoms with Crippen molar-refractivity contribution in [1.29, 1.82) is 0 Å². The molecular weight excluding hydrogens is 320 g/mol. The van der Waals surface area contributed by atoms with Gasteiger partial charge in [0.05, 0.1) is 0 Å². The van der Waals surface area contributed by atoms with Crippen molar-refractivity contribution in [2.75, 3.05) is 0 Å². The highest BCUT2D eigenvalue weighted by Gasteiger charge is 2.61. The molecule has 0 spiro atoms. The topological polar surface area (TPSA) is 40.6 Å². The molecule has 0 unspecified atom stereocenters. The molecule has 1 aliphatic rings. The summed E-state index contributed by atoms with van der Waals surface area (Å²) in [6.45, 7) is 17.0. The molecule has 1 saturated heterocycles. The van der Waals surface area contributed by atoms with E-state index >= 15 is 0 Å². The van der Waals surface area contributed by atoms with Crippen molar-refractivity contribution in [2.45, 2.75) is 97.2 Å². The van der Waals surface area contributed by atoms with Gasteiger partial charge in [-0.25, -0.2) is 4.79 Å². The molecule has 1 heterocycles. The fraction of sp³-hybridized carbons (Fsp3) is 0.882. The Kier molecular flexibility index (Phi) is 6.29. The number of imide groups is 1. The Morgan fingerprint density at radius 2 is 1.09 bits per heavy atom. The third kappa shape index (κ3) is 2.82. The smallest absolute Gasteiger partial charge is 0.311 e. The molecule has 4 nitrogen and oxygen atoms in total. The molecule has 0 saturated carbocycles. The van der Waals surface area contributed by atoms with Gasteiger partial charge in [-0.2, -0.15) is 0 Å². The molecule has 23 heavy (non-hydrogen) atoms. The summed E-state index contributed by atoms with van der Waals surface area (Å²) in [5.74, 6) is 0.0620. The molecule has 0 N–H and O–H groups in total. The predicted molar refractivity (Wildman–Crippen MR) is 103 cm³/mol. The second kappa shape index (κ2) is 7.09. The fourth-order valence-corrected chi connectivity index (χ4v) is 12.5. The minimum atomic E-state index is -2.04. The number of carbonyl (C=O) groups is 2. The number of carbonyl (C=O) groups excluding carboxylic acids is 2. The van der Waals surface area contributed by atoms with Crippen molar-refractivity contribution in [3.05, 3.63) is 0 Å². The molecule has 0 aromatic rings. The Bertz CT molecular complexity index is 441. The van der Waals surface area contributed by atoms with Crippen LogP contribution in [0.2, 0.25) is 36.3 Å². The average Bonchev–Trinajstić information content (AvgIpc) is 2.73. The van der Waals surface area contributed by atoms with Crippen molar-refractivity contribution < 1.29 is 9.59 Å². The number of amides is 3. The minimum absolute atomic E-state index is 0.0365. The average molecular weight is 357 g/mol. The van der Waals surface area contributed by atoms with Gasteiger partial charge in [-0.1, -0.05) is 41.5 Å². The Morgan fingerprint density at radius 1 is 0.739 bits per heavy atom. The standard InChI is InChI=1S/C17H36N2O2Si2/c1-9-22(10-2,11-3)18-15(20)17(7,8)19(16(18)21)23(12-4,13-5)14-6/h9-14H2,1-8H3. The SMILES string of the molecule is CC[Si](CC)(CC)N1C(=O)N([Si](CC)(CC)CC)C(C)(C)C1=O. The maximum absolute atomic E-state index is 13.5. The molecule has 1 rings (SSSR count).